The Hall–Kier alpha value is -1.69. The summed E-state index contributed by atoms with van der Waals surface area (Å²) in [4.78, 5) is 22.7. The maximum absolute atomic E-state index is 11.8. The Morgan fingerprint density at radius 2 is 2.18 bits per heavy atom. The van der Waals surface area contributed by atoms with E-state index in [-0.39, 0.29) is 18.0 Å². The predicted molar refractivity (Wildman–Crippen MR) is 81.5 cm³/mol. The van der Waals surface area contributed by atoms with E-state index in [1.54, 1.807) is 6.33 Å². The Bertz CT molecular complexity index is 509. The maximum atomic E-state index is 11.8. The second-order valence-corrected chi connectivity index (χ2v) is 5.82. The summed E-state index contributed by atoms with van der Waals surface area (Å²) in [6, 6.07) is 2.03. The highest BCUT2D eigenvalue weighted by atomic mass is 16.5. The summed E-state index contributed by atoms with van der Waals surface area (Å²) in [6.45, 7) is 4.77. The van der Waals surface area contributed by atoms with Crippen LogP contribution in [0.2, 0.25) is 0 Å². The SMILES string of the molecule is CCOC(=O)C1CCN(c2cc(C3CCCO3)ncn2)CC1. The number of ether oxygens (including phenoxy) is 2. The van der Waals surface area contributed by atoms with Crippen LogP contribution in [0.1, 0.15) is 44.4 Å². The van der Waals surface area contributed by atoms with Gasteiger partial charge in [0.1, 0.15) is 12.1 Å². The first-order valence-corrected chi connectivity index (χ1v) is 8.13. The Morgan fingerprint density at radius 1 is 1.36 bits per heavy atom. The molecule has 2 aliphatic heterocycles. The van der Waals surface area contributed by atoms with Crippen LogP contribution >= 0.6 is 0 Å². The zero-order chi connectivity index (χ0) is 15.4. The van der Waals surface area contributed by atoms with Crippen LogP contribution in [0.5, 0.6) is 0 Å². The molecule has 6 heteroatoms. The minimum atomic E-state index is -0.0649. The van der Waals surface area contributed by atoms with Gasteiger partial charge in [0.15, 0.2) is 0 Å². The second-order valence-electron chi connectivity index (χ2n) is 5.82. The quantitative estimate of drug-likeness (QED) is 0.794. The van der Waals surface area contributed by atoms with E-state index >= 15 is 0 Å². The lowest BCUT2D eigenvalue weighted by Crippen LogP contribution is -2.37. The van der Waals surface area contributed by atoms with Gasteiger partial charge in [0, 0.05) is 25.8 Å². The van der Waals surface area contributed by atoms with Crippen molar-refractivity contribution >= 4 is 11.8 Å². The number of esters is 1. The van der Waals surface area contributed by atoms with Crippen molar-refractivity contribution in [2.45, 2.75) is 38.7 Å². The molecule has 0 saturated carbocycles. The lowest BCUT2D eigenvalue weighted by molar-refractivity contribution is -0.148. The molecule has 2 aliphatic rings. The summed E-state index contributed by atoms with van der Waals surface area (Å²) in [7, 11) is 0. The van der Waals surface area contributed by atoms with Crippen LogP contribution in [0, 0.1) is 5.92 Å². The van der Waals surface area contributed by atoms with Crippen LogP contribution in [-0.2, 0) is 14.3 Å². The van der Waals surface area contributed by atoms with E-state index in [4.69, 9.17) is 9.47 Å². The number of piperidine rings is 1. The highest BCUT2D eigenvalue weighted by molar-refractivity contribution is 5.72. The molecule has 2 fully saturated rings. The fraction of sp³-hybridized carbons (Fsp3) is 0.688. The van der Waals surface area contributed by atoms with E-state index in [1.165, 1.54) is 0 Å². The van der Waals surface area contributed by atoms with Gasteiger partial charge < -0.3 is 14.4 Å². The summed E-state index contributed by atoms with van der Waals surface area (Å²) in [5.41, 5.74) is 0.968. The normalized spacial score (nSPS) is 22.8. The minimum absolute atomic E-state index is 0.0238. The van der Waals surface area contributed by atoms with Gasteiger partial charge in [-0.05, 0) is 32.6 Å². The number of aromatic nitrogens is 2. The third-order valence-corrected chi connectivity index (χ3v) is 4.37. The molecule has 0 bridgehead atoms. The van der Waals surface area contributed by atoms with E-state index in [9.17, 15) is 4.79 Å². The highest BCUT2D eigenvalue weighted by Gasteiger charge is 2.27. The molecule has 0 N–H and O–H groups in total. The van der Waals surface area contributed by atoms with E-state index in [2.05, 4.69) is 14.9 Å². The molecule has 3 rings (SSSR count). The molecule has 6 nitrogen and oxygen atoms in total. The monoisotopic (exact) mass is 305 g/mol. The number of nitrogens with zero attached hydrogens (tertiary/aromatic N) is 3. The topological polar surface area (TPSA) is 64.5 Å². The number of rotatable bonds is 4. The highest BCUT2D eigenvalue weighted by Crippen LogP contribution is 2.29. The molecule has 0 aliphatic carbocycles. The van der Waals surface area contributed by atoms with E-state index < -0.39 is 0 Å². The Balaban J connectivity index is 1.61. The van der Waals surface area contributed by atoms with Crippen molar-refractivity contribution in [3.8, 4) is 0 Å². The van der Waals surface area contributed by atoms with Gasteiger partial charge in [0.2, 0.25) is 0 Å². The van der Waals surface area contributed by atoms with Crippen LogP contribution in [0.4, 0.5) is 5.82 Å². The van der Waals surface area contributed by atoms with Crippen molar-refractivity contribution in [1.29, 1.82) is 0 Å². The first-order valence-electron chi connectivity index (χ1n) is 8.13. The van der Waals surface area contributed by atoms with Gasteiger partial charge in [0.05, 0.1) is 24.3 Å². The molecule has 0 amide bonds. The summed E-state index contributed by atoms with van der Waals surface area (Å²) in [5.74, 6) is 0.892. The van der Waals surface area contributed by atoms with Crippen molar-refractivity contribution in [3.63, 3.8) is 0 Å². The Labute approximate surface area is 130 Å². The second kappa shape index (κ2) is 7.05. The molecular weight excluding hydrogens is 282 g/mol. The van der Waals surface area contributed by atoms with Crippen LogP contribution < -0.4 is 4.90 Å². The largest absolute Gasteiger partial charge is 0.466 e. The van der Waals surface area contributed by atoms with Gasteiger partial charge in [-0.3, -0.25) is 4.79 Å². The summed E-state index contributed by atoms with van der Waals surface area (Å²) in [5, 5.41) is 0. The average Bonchev–Trinajstić information content (AvgIpc) is 3.10. The molecule has 0 aromatic carbocycles. The van der Waals surface area contributed by atoms with Crippen molar-refractivity contribution in [2.24, 2.45) is 5.92 Å². The lowest BCUT2D eigenvalue weighted by atomic mass is 9.97. The molecular formula is C16H23N3O3. The first-order chi connectivity index (χ1) is 10.8. The van der Waals surface area contributed by atoms with Crippen LogP contribution in [0.25, 0.3) is 0 Å². The molecule has 1 aromatic heterocycles. The third kappa shape index (κ3) is 3.38. The zero-order valence-corrected chi connectivity index (χ0v) is 13.0. The van der Waals surface area contributed by atoms with Crippen molar-refractivity contribution < 1.29 is 14.3 Å². The first kappa shape index (κ1) is 15.2. The van der Waals surface area contributed by atoms with Crippen LogP contribution in [-0.4, -0.2) is 42.2 Å². The number of carbonyl (C=O) groups excluding carboxylic acids is 1. The summed E-state index contributed by atoms with van der Waals surface area (Å²) < 4.78 is 10.8. The average molecular weight is 305 g/mol. The predicted octanol–water partition coefficient (Wildman–Crippen LogP) is 2.11. The zero-order valence-electron chi connectivity index (χ0n) is 13.0. The van der Waals surface area contributed by atoms with Gasteiger partial charge >= 0.3 is 5.97 Å². The molecule has 22 heavy (non-hydrogen) atoms. The van der Waals surface area contributed by atoms with E-state index in [1.807, 2.05) is 13.0 Å². The van der Waals surface area contributed by atoms with Gasteiger partial charge in [0.25, 0.3) is 0 Å². The van der Waals surface area contributed by atoms with Gasteiger partial charge in [-0.15, -0.1) is 0 Å². The standard InChI is InChI=1S/C16H23N3O3/c1-2-21-16(20)12-5-7-19(8-6-12)15-10-13(17-11-18-15)14-4-3-9-22-14/h10-12,14H,2-9H2,1H3. The lowest BCUT2D eigenvalue weighted by Gasteiger charge is -2.31. The molecule has 1 unspecified atom stereocenters. The molecule has 0 spiro atoms. The number of hydrogen-bond donors (Lipinski definition) is 0. The molecule has 120 valence electrons. The number of hydrogen-bond acceptors (Lipinski definition) is 6. The van der Waals surface area contributed by atoms with E-state index in [0.29, 0.717) is 6.61 Å². The summed E-state index contributed by atoms with van der Waals surface area (Å²) >= 11 is 0. The van der Waals surface area contributed by atoms with Gasteiger partial charge in [-0.2, -0.15) is 0 Å². The van der Waals surface area contributed by atoms with Gasteiger partial charge in [-0.1, -0.05) is 0 Å². The summed E-state index contributed by atoms with van der Waals surface area (Å²) in [6.07, 6.45) is 5.48. The van der Waals surface area contributed by atoms with Gasteiger partial charge in [-0.25, -0.2) is 9.97 Å². The fourth-order valence-corrected chi connectivity index (χ4v) is 3.13. The molecule has 2 saturated heterocycles. The Morgan fingerprint density at radius 3 is 2.86 bits per heavy atom. The van der Waals surface area contributed by atoms with Crippen molar-refractivity contribution in [3.05, 3.63) is 18.1 Å². The van der Waals surface area contributed by atoms with Crippen LogP contribution in [0.3, 0.4) is 0 Å². The van der Waals surface area contributed by atoms with Crippen molar-refractivity contribution in [1.82, 2.24) is 9.97 Å². The molecule has 1 atom stereocenters. The minimum Gasteiger partial charge on any atom is -0.466 e. The number of carbonyl (C=O) groups is 1. The molecule has 0 radical (unpaired) electrons. The smallest absolute Gasteiger partial charge is 0.309 e. The molecule has 3 heterocycles. The fourth-order valence-electron chi connectivity index (χ4n) is 3.13. The maximum Gasteiger partial charge on any atom is 0.309 e. The van der Waals surface area contributed by atoms with Crippen molar-refractivity contribution in [2.75, 3.05) is 31.2 Å². The van der Waals surface area contributed by atoms with E-state index in [0.717, 1.165) is 56.9 Å². The Kier molecular flexibility index (Phi) is 4.87. The third-order valence-electron chi connectivity index (χ3n) is 4.37. The number of anilines is 1. The molecule has 1 aromatic rings. The van der Waals surface area contributed by atoms with Crippen LogP contribution in [0.15, 0.2) is 12.4 Å².